The van der Waals surface area contributed by atoms with Crippen molar-refractivity contribution < 1.29 is 26.8 Å². The van der Waals surface area contributed by atoms with E-state index in [9.17, 15) is 8.42 Å². The molecule has 1 aliphatic rings. The van der Waals surface area contributed by atoms with Gasteiger partial charge in [-0.15, -0.1) is 0 Å². The molecular formula is C31H34N2O6S. The summed E-state index contributed by atoms with van der Waals surface area (Å²) in [6, 6.07) is 22.0. The number of rotatable bonds is 10. The lowest BCUT2D eigenvalue weighted by molar-refractivity contribution is -0.198. The van der Waals surface area contributed by atoms with E-state index in [4.69, 9.17) is 29.1 Å². The minimum atomic E-state index is -3.95. The van der Waals surface area contributed by atoms with Crippen molar-refractivity contribution in [2.24, 2.45) is 0 Å². The first-order valence-corrected chi connectivity index (χ1v) is 14.8. The number of hydrogen-bond donors (Lipinski definition) is 1. The molecule has 2 heterocycles. The molecule has 0 spiro atoms. The second-order valence-electron chi connectivity index (χ2n) is 10.1. The Labute approximate surface area is 235 Å². The highest BCUT2D eigenvalue weighted by Crippen LogP contribution is 2.28. The van der Waals surface area contributed by atoms with Crippen LogP contribution in [0.2, 0.25) is 0 Å². The van der Waals surface area contributed by atoms with Crippen LogP contribution in [0.1, 0.15) is 30.4 Å². The van der Waals surface area contributed by atoms with Crippen LogP contribution in [0.25, 0.3) is 22.2 Å². The lowest BCUT2D eigenvalue weighted by atomic mass is 10.1. The van der Waals surface area contributed by atoms with Gasteiger partial charge in [0.25, 0.3) is 10.1 Å². The largest absolute Gasteiger partial charge is 0.491 e. The van der Waals surface area contributed by atoms with Gasteiger partial charge >= 0.3 is 0 Å². The van der Waals surface area contributed by atoms with Crippen molar-refractivity contribution in [1.82, 2.24) is 4.98 Å². The normalized spacial score (nSPS) is 16.6. The van der Waals surface area contributed by atoms with Crippen LogP contribution in [0.4, 0.5) is 5.69 Å². The maximum atomic E-state index is 12.8. The van der Waals surface area contributed by atoms with Crippen molar-refractivity contribution in [1.29, 1.82) is 0 Å². The first-order valence-electron chi connectivity index (χ1n) is 13.4. The Morgan fingerprint density at radius 1 is 0.950 bits per heavy atom. The average molecular weight is 563 g/mol. The highest BCUT2D eigenvalue weighted by Gasteiger charge is 2.24. The smallest absolute Gasteiger partial charge is 0.297 e. The van der Waals surface area contributed by atoms with Gasteiger partial charge in [0, 0.05) is 23.2 Å². The van der Waals surface area contributed by atoms with Gasteiger partial charge in [-0.05, 0) is 81.1 Å². The third-order valence-electron chi connectivity index (χ3n) is 6.78. The Hall–Kier alpha value is -3.50. The molecule has 0 radical (unpaired) electrons. The molecule has 4 aromatic rings. The van der Waals surface area contributed by atoms with Gasteiger partial charge in [0.2, 0.25) is 0 Å². The van der Waals surface area contributed by atoms with E-state index in [0.29, 0.717) is 18.0 Å². The number of ether oxygens (including phenoxy) is 3. The van der Waals surface area contributed by atoms with Crippen LogP contribution in [0.3, 0.4) is 0 Å². The fraction of sp³-hybridized carbons (Fsp3) is 0.323. The fourth-order valence-electron chi connectivity index (χ4n) is 4.55. The third kappa shape index (κ3) is 6.98. The molecule has 2 unspecified atom stereocenters. The Balaban J connectivity index is 1.28. The molecule has 1 aliphatic heterocycles. The van der Waals surface area contributed by atoms with Crippen molar-refractivity contribution in [2.45, 2.75) is 50.4 Å². The van der Waals surface area contributed by atoms with Crippen LogP contribution in [0, 0.1) is 13.8 Å². The molecule has 9 heteroatoms. The molecule has 1 saturated heterocycles. The monoisotopic (exact) mass is 562 g/mol. The summed E-state index contributed by atoms with van der Waals surface area (Å²) in [5.74, 6) is 0.608. The number of pyridine rings is 1. The van der Waals surface area contributed by atoms with E-state index in [1.807, 2.05) is 62.4 Å². The summed E-state index contributed by atoms with van der Waals surface area (Å²) < 4.78 is 48.7. The first kappa shape index (κ1) is 28.0. The molecule has 210 valence electrons. The quantitative estimate of drug-likeness (QED) is 0.191. The lowest BCUT2D eigenvalue weighted by Crippen LogP contribution is -2.35. The summed E-state index contributed by atoms with van der Waals surface area (Å²) in [6.07, 6.45) is 1.60. The van der Waals surface area contributed by atoms with Gasteiger partial charge < -0.3 is 19.9 Å². The van der Waals surface area contributed by atoms with Gasteiger partial charge in [0.05, 0.1) is 22.7 Å². The number of fused-ring (bicyclic) bond motifs is 1. The number of nitrogens with zero attached hydrogens (tertiary/aromatic N) is 1. The van der Waals surface area contributed by atoms with Crippen molar-refractivity contribution in [2.75, 3.05) is 25.6 Å². The van der Waals surface area contributed by atoms with Crippen molar-refractivity contribution in [3.63, 3.8) is 0 Å². The van der Waals surface area contributed by atoms with Crippen molar-refractivity contribution in [3.05, 3.63) is 83.9 Å². The van der Waals surface area contributed by atoms with Gasteiger partial charge in [-0.25, -0.2) is 4.98 Å². The first-order chi connectivity index (χ1) is 19.3. The molecule has 5 rings (SSSR count). The number of hydrogen-bond acceptors (Lipinski definition) is 8. The molecule has 0 bridgehead atoms. The number of nitrogens with two attached hydrogens (primary N) is 1. The molecule has 8 nitrogen and oxygen atoms in total. The molecule has 2 N–H and O–H groups in total. The van der Waals surface area contributed by atoms with Gasteiger partial charge in [-0.2, -0.15) is 8.42 Å². The fourth-order valence-corrected chi connectivity index (χ4v) is 5.48. The summed E-state index contributed by atoms with van der Waals surface area (Å²) in [6.45, 7) is 4.38. The summed E-state index contributed by atoms with van der Waals surface area (Å²) >= 11 is 0. The van der Waals surface area contributed by atoms with E-state index in [1.165, 1.54) is 12.1 Å². The van der Waals surface area contributed by atoms with E-state index in [1.54, 1.807) is 12.1 Å². The Bertz CT molecular complexity index is 1570. The number of nitrogen functional groups attached to an aromatic ring is 1. The highest BCUT2D eigenvalue weighted by atomic mass is 32.2. The standard InChI is InChI=1S/C31H34N2O6S/c1-21-6-11-26(12-7-21)40(34,35)38-20-25(39-31-5-3-4-16-36-31)19-37-24-10-15-29-23(18-24)9-14-30(33-29)27-13-8-22(2)17-28(27)32/h6-15,17-18,25,31H,3-5,16,19-20,32H2,1-2H3. The van der Waals surface area contributed by atoms with Crippen molar-refractivity contribution in [3.8, 4) is 17.0 Å². The summed E-state index contributed by atoms with van der Waals surface area (Å²) in [7, 11) is -3.95. The summed E-state index contributed by atoms with van der Waals surface area (Å²) in [5, 5.41) is 0.901. The number of benzene rings is 3. The van der Waals surface area contributed by atoms with E-state index in [-0.39, 0.29) is 18.1 Å². The van der Waals surface area contributed by atoms with Crippen LogP contribution in [-0.4, -0.2) is 45.6 Å². The Kier molecular flexibility index (Phi) is 8.66. The van der Waals surface area contributed by atoms with Crippen LogP contribution < -0.4 is 10.5 Å². The van der Waals surface area contributed by atoms with Crippen molar-refractivity contribution >= 4 is 26.7 Å². The Morgan fingerprint density at radius 3 is 2.50 bits per heavy atom. The number of anilines is 1. The SMILES string of the molecule is Cc1ccc(S(=O)(=O)OCC(COc2ccc3nc(-c4ccc(C)cc4N)ccc3c2)OC2CCCCO2)cc1. The van der Waals surface area contributed by atoms with Crippen LogP contribution in [-0.2, 0) is 23.8 Å². The van der Waals surface area contributed by atoms with E-state index < -0.39 is 22.5 Å². The Morgan fingerprint density at radius 2 is 1.75 bits per heavy atom. The average Bonchev–Trinajstić information content (AvgIpc) is 2.95. The highest BCUT2D eigenvalue weighted by molar-refractivity contribution is 7.86. The topological polar surface area (TPSA) is 110 Å². The molecule has 0 saturated carbocycles. The maximum absolute atomic E-state index is 12.8. The summed E-state index contributed by atoms with van der Waals surface area (Å²) in [5.41, 5.74) is 11.5. The lowest BCUT2D eigenvalue weighted by Gasteiger charge is -2.27. The molecule has 1 fully saturated rings. The second-order valence-corrected chi connectivity index (χ2v) is 11.7. The predicted molar refractivity (Wildman–Crippen MR) is 155 cm³/mol. The van der Waals surface area contributed by atoms with E-state index in [2.05, 4.69) is 0 Å². The molecule has 1 aromatic heterocycles. The number of aromatic nitrogens is 1. The van der Waals surface area contributed by atoms with Crippen LogP contribution >= 0.6 is 0 Å². The molecular weight excluding hydrogens is 528 g/mol. The zero-order valence-corrected chi connectivity index (χ0v) is 23.5. The zero-order chi connectivity index (χ0) is 28.1. The second kappa shape index (κ2) is 12.3. The minimum absolute atomic E-state index is 0.0835. The van der Waals surface area contributed by atoms with Gasteiger partial charge in [-0.3, -0.25) is 4.18 Å². The van der Waals surface area contributed by atoms with Gasteiger partial charge in [0.1, 0.15) is 18.5 Å². The molecule has 3 aromatic carbocycles. The van der Waals surface area contributed by atoms with Crippen LogP contribution in [0.5, 0.6) is 5.75 Å². The van der Waals surface area contributed by atoms with Gasteiger partial charge in [0.15, 0.2) is 6.29 Å². The van der Waals surface area contributed by atoms with Gasteiger partial charge in [-0.1, -0.05) is 35.9 Å². The molecule has 0 aliphatic carbocycles. The summed E-state index contributed by atoms with van der Waals surface area (Å²) in [4.78, 5) is 4.87. The van der Waals surface area contributed by atoms with E-state index >= 15 is 0 Å². The predicted octanol–water partition coefficient (Wildman–Crippen LogP) is 5.80. The van der Waals surface area contributed by atoms with Crippen LogP contribution in [0.15, 0.2) is 77.7 Å². The number of aryl methyl sites for hydroxylation is 2. The molecule has 0 amide bonds. The molecule has 40 heavy (non-hydrogen) atoms. The molecule has 2 atom stereocenters. The maximum Gasteiger partial charge on any atom is 0.297 e. The zero-order valence-electron chi connectivity index (χ0n) is 22.7. The minimum Gasteiger partial charge on any atom is -0.491 e. The van der Waals surface area contributed by atoms with E-state index in [0.717, 1.165) is 52.5 Å². The third-order valence-corrected chi connectivity index (χ3v) is 8.08.